The van der Waals surface area contributed by atoms with Crippen LogP contribution < -0.4 is 56.0 Å². The van der Waals surface area contributed by atoms with Crippen molar-refractivity contribution in [3.63, 3.8) is 0 Å². The summed E-state index contributed by atoms with van der Waals surface area (Å²) < 4.78 is 68.8. The van der Waals surface area contributed by atoms with Crippen LogP contribution in [0.5, 0.6) is 5.75 Å². The van der Waals surface area contributed by atoms with E-state index in [1.165, 1.54) is 0 Å². The van der Waals surface area contributed by atoms with Gasteiger partial charge in [-0.05, 0) is 0 Å². The van der Waals surface area contributed by atoms with E-state index in [-0.39, 0.29) is 51.4 Å². The van der Waals surface area contributed by atoms with Crippen LogP contribution in [0.15, 0.2) is 0 Å². The Morgan fingerprint density at radius 3 is 1.30 bits per heavy atom. The molecule has 0 bridgehead atoms. The normalized spacial score (nSPS) is 9.70. The molecule has 0 saturated carbocycles. The molecule has 0 unspecified atom stereocenters. The molecule has 1 aromatic carbocycles. The third-order valence-electron chi connectivity index (χ3n) is 2.01. The van der Waals surface area contributed by atoms with Gasteiger partial charge >= 0.3 is 57.7 Å². The molecule has 4 nitrogen and oxygen atoms in total. The minimum Gasteiger partial charge on any atom is -0.678 e. The van der Waals surface area contributed by atoms with Crippen LogP contribution in [0.3, 0.4) is 0 Å². The Labute approximate surface area is 151 Å². The Morgan fingerprint density at radius 2 is 1.00 bits per heavy atom. The summed E-state index contributed by atoms with van der Waals surface area (Å²) >= 11 is 0. The maximum absolute atomic E-state index is 13.2. The van der Waals surface area contributed by atoms with Gasteiger partial charge in [-0.25, -0.2) is 29.0 Å². The molecule has 0 amide bonds. The fourth-order valence-corrected chi connectivity index (χ4v) is 1.03. The standard InChI is InChI=1S/C9BF5N3O.K/c11-4-5(12)7(14)9(8(15)6(4)13)19-10(1-16,2-17)3-18;/q-1;+1. The summed E-state index contributed by atoms with van der Waals surface area (Å²) in [5.74, 6) is -10.6. The van der Waals surface area contributed by atoms with Crippen LogP contribution in [0, 0.1) is 62.8 Å². The van der Waals surface area contributed by atoms with Gasteiger partial charge in [-0.15, -0.1) is 0 Å². The third-order valence-corrected chi connectivity index (χ3v) is 2.01. The SMILES string of the molecule is N#C[B-](C#N)(C#N)Oc1c(F)c(F)c(F)c(F)c1F.[K+]. The first-order chi connectivity index (χ1) is 8.83. The molecule has 0 saturated heterocycles. The number of halogens is 5. The van der Waals surface area contributed by atoms with Crippen molar-refractivity contribution in [2.75, 3.05) is 0 Å². The molecule has 20 heavy (non-hydrogen) atoms. The van der Waals surface area contributed by atoms with Crippen molar-refractivity contribution < 1.29 is 78.0 Å². The van der Waals surface area contributed by atoms with Gasteiger partial charge < -0.3 is 4.65 Å². The number of rotatable bonds is 2. The number of nitriles is 3. The molecule has 0 N–H and O–H groups in total. The van der Waals surface area contributed by atoms with Gasteiger partial charge in [0.15, 0.2) is 0 Å². The van der Waals surface area contributed by atoms with E-state index in [9.17, 15) is 22.0 Å². The summed E-state index contributed by atoms with van der Waals surface area (Å²) in [6.45, 7) is 0. The fourth-order valence-electron chi connectivity index (χ4n) is 1.03. The van der Waals surface area contributed by atoms with Crippen molar-refractivity contribution in [2.45, 2.75) is 0 Å². The van der Waals surface area contributed by atoms with Crippen LogP contribution in [0.1, 0.15) is 0 Å². The van der Waals surface area contributed by atoms with Crippen molar-refractivity contribution in [1.29, 1.82) is 15.8 Å². The monoisotopic (exact) mass is 311 g/mol. The van der Waals surface area contributed by atoms with Crippen molar-refractivity contribution in [3.8, 4) is 23.7 Å². The topological polar surface area (TPSA) is 80.6 Å². The van der Waals surface area contributed by atoms with Gasteiger partial charge in [-0.2, -0.15) is 8.78 Å². The smallest absolute Gasteiger partial charge is 0.678 e. The van der Waals surface area contributed by atoms with Crippen molar-refractivity contribution >= 4 is 6.35 Å². The van der Waals surface area contributed by atoms with E-state index < -0.39 is 41.2 Å². The van der Waals surface area contributed by atoms with Crippen molar-refractivity contribution in [3.05, 3.63) is 29.1 Å². The van der Waals surface area contributed by atoms with Gasteiger partial charge in [0.2, 0.25) is 29.1 Å². The van der Waals surface area contributed by atoms with E-state index in [0.717, 1.165) is 17.9 Å². The second-order valence-corrected chi connectivity index (χ2v) is 3.19. The Bertz CT molecular complexity index is 613. The van der Waals surface area contributed by atoms with Crippen LogP contribution in [0.4, 0.5) is 22.0 Å². The van der Waals surface area contributed by atoms with Crippen LogP contribution >= 0.6 is 0 Å². The maximum Gasteiger partial charge on any atom is 1.00 e. The van der Waals surface area contributed by atoms with E-state index in [1.54, 1.807) is 0 Å². The summed E-state index contributed by atoms with van der Waals surface area (Å²) in [5, 5.41) is 25.5. The molecule has 0 aliphatic rings. The van der Waals surface area contributed by atoms with E-state index in [2.05, 4.69) is 4.65 Å². The Hall–Kier alpha value is -1.16. The molecular formula is C9BF5KN3O. The molecule has 11 heteroatoms. The Morgan fingerprint density at radius 1 is 0.700 bits per heavy atom. The van der Waals surface area contributed by atoms with Gasteiger partial charge in [0, 0.05) is 0 Å². The van der Waals surface area contributed by atoms with Crippen LogP contribution in [-0.2, 0) is 0 Å². The van der Waals surface area contributed by atoms with Crippen LogP contribution in [0.2, 0.25) is 0 Å². The van der Waals surface area contributed by atoms with Gasteiger partial charge in [0.1, 0.15) is 5.75 Å². The fraction of sp³-hybridized carbons (Fsp3) is 0. The zero-order valence-electron chi connectivity index (χ0n) is 9.72. The van der Waals surface area contributed by atoms with Gasteiger partial charge in [0.05, 0.1) is 0 Å². The molecule has 0 aliphatic carbocycles. The molecule has 0 atom stereocenters. The summed E-state index contributed by atoms with van der Waals surface area (Å²) in [7, 11) is 0. The number of hydrogen-bond donors (Lipinski definition) is 0. The molecule has 0 heterocycles. The van der Waals surface area contributed by atoms with Crippen LogP contribution in [0.25, 0.3) is 0 Å². The molecule has 1 aromatic rings. The van der Waals surface area contributed by atoms with Crippen molar-refractivity contribution in [2.24, 2.45) is 0 Å². The largest absolute Gasteiger partial charge is 1.00 e. The molecule has 0 fully saturated rings. The zero-order chi connectivity index (χ0) is 14.8. The molecule has 0 aromatic heterocycles. The predicted molar refractivity (Wildman–Crippen MR) is 49.5 cm³/mol. The van der Waals surface area contributed by atoms with E-state index in [4.69, 9.17) is 15.8 Å². The average Bonchev–Trinajstić information content (AvgIpc) is 2.44. The minimum atomic E-state index is -3.74. The first kappa shape index (κ1) is 18.8. The summed E-state index contributed by atoms with van der Waals surface area (Å²) in [6, 6.07) is 0. The second-order valence-electron chi connectivity index (χ2n) is 3.19. The minimum absolute atomic E-state index is 0. The number of benzene rings is 1. The van der Waals surface area contributed by atoms with Crippen molar-refractivity contribution in [1.82, 2.24) is 0 Å². The van der Waals surface area contributed by atoms with Gasteiger partial charge in [-0.1, -0.05) is 17.9 Å². The Balaban J connectivity index is 0.00000361. The first-order valence-corrected chi connectivity index (χ1v) is 4.42. The zero-order valence-corrected chi connectivity index (χ0v) is 12.8. The van der Waals surface area contributed by atoms with E-state index >= 15 is 0 Å². The molecule has 96 valence electrons. The molecule has 0 radical (unpaired) electrons. The van der Waals surface area contributed by atoms with Crippen LogP contribution in [-0.4, -0.2) is 6.35 Å². The molecular weight excluding hydrogens is 311 g/mol. The molecule has 0 aliphatic heterocycles. The number of hydrogen-bond acceptors (Lipinski definition) is 4. The van der Waals surface area contributed by atoms with Gasteiger partial charge in [-0.3, -0.25) is 0 Å². The molecule has 0 spiro atoms. The quantitative estimate of drug-likeness (QED) is 0.300. The number of nitrogens with zero attached hydrogens (tertiary/aromatic N) is 3. The summed E-state index contributed by atoms with van der Waals surface area (Å²) in [5.41, 5.74) is 0. The van der Waals surface area contributed by atoms with E-state index in [1.807, 2.05) is 0 Å². The van der Waals surface area contributed by atoms with E-state index in [0.29, 0.717) is 0 Å². The molecule has 1 rings (SSSR count). The maximum atomic E-state index is 13.2. The average molecular weight is 311 g/mol. The predicted octanol–water partition coefficient (Wildman–Crippen LogP) is -1.10. The summed E-state index contributed by atoms with van der Waals surface area (Å²) in [6.07, 6.45) is -3.74. The first-order valence-electron chi connectivity index (χ1n) is 4.42. The second kappa shape index (κ2) is 7.02. The Kier molecular flexibility index (Phi) is 6.62. The third kappa shape index (κ3) is 3.11. The summed E-state index contributed by atoms with van der Waals surface area (Å²) in [4.78, 5) is 0. The van der Waals surface area contributed by atoms with Gasteiger partial charge in [0.25, 0.3) is 0 Å².